The number of aliphatic hydroxyl groups is 1. The van der Waals surface area contributed by atoms with Crippen molar-refractivity contribution in [3.63, 3.8) is 0 Å². The van der Waals surface area contributed by atoms with Crippen LogP contribution >= 0.6 is 23.1 Å². The number of ketones is 1. The Hall–Kier alpha value is -3.95. The van der Waals surface area contributed by atoms with Crippen LogP contribution in [0.15, 0.2) is 88.8 Å². The highest BCUT2D eigenvalue weighted by Gasteiger charge is 2.48. The van der Waals surface area contributed by atoms with E-state index >= 15 is 0 Å². The molecule has 7 nitrogen and oxygen atoms in total. The van der Waals surface area contributed by atoms with Crippen molar-refractivity contribution in [2.75, 3.05) is 11.5 Å². The van der Waals surface area contributed by atoms with Crippen LogP contribution in [-0.2, 0) is 15.3 Å². The van der Waals surface area contributed by atoms with E-state index in [1.165, 1.54) is 33.6 Å². The van der Waals surface area contributed by atoms with Crippen molar-refractivity contribution in [3.8, 4) is 5.75 Å². The Balaban J connectivity index is 1.48. The number of carbonyl (C=O) groups is 2. The molecule has 0 saturated carbocycles. The second-order valence-electron chi connectivity index (χ2n) is 9.08. The van der Waals surface area contributed by atoms with Crippen LogP contribution in [0.5, 0.6) is 5.75 Å². The van der Waals surface area contributed by atoms with Gasteiger partial charge in [0.05, 0.1) is 18.2 Å². The molecule has 9 heteroatoms. The lowest BCUT2D eigenvalue weighted by atomic mass is 9.95. The number of aromatic nitrogens is 2. The maximum Gasteiger partial charge on any atom is 0.301 e. The molecule has 198 valence electrons. The summed E-state index contributed by atoms with van der Waals surface area (Å²) in [7, 11) is 0. The number of carbonyl (C=O) groups excluding carboxylic acids is 2. The molecule has 0 bridgehead atoms. The van der Waals surface area contributed by atoms with E-state index in [4.69, 9.17) is 4.74 Å². The van der Waals surface area contributed by atoms with E-state index in [1.54, 1.807) is 24.3 Å². The standard InChI is InChI=1S/C30H27N3O4S2/c1-3-17-37-23-15-13-22(14-16-23)26(34)24-25(21-7-5-4-6-8-21)33(28(36)27(24)35)29-31-32-30(39-29)38-18-20-11-9-19(2)10-12-20/h4-16,25,34H,3,17-18H2,1-2H3/b26-24-. The SMILES string of the molecule is CCCOc1ccc(/C(O)=C2/C(=O)C(=O)N(c3nnc(SCc4ccc(C)cc4)s3)C2c2ccccc2)cc1. The first-order chi connectivity index (χ1) is 19.0. The first-order valence-electron chi connectivity index (χ1n) is 12.6. The largest absolute Gasteiger partial charge is 0.507 e. The highest BCUT2D eigenvalue weighted by atomic mass is 32.2. The summed E-state index contributed by atoms with van der Waals surface area (Å²) in [4.78, 5) is 28.1. The topological polar surface area (TPSA) is 92.6 Å². The van der Waals surface area contributed by atoms with Gasteiger partial charge in [-0.2, -0.15) is 0 Å². The van der Waals surface area contributed by atoms with Crippen LogP contribution in [0.1, 0.15) is 41.6 Å². The molecule has 1 amide bonds. The maximum absolute atomic E-state index is 13.4. The monoisotopic (exact) mass is 557 g/mol. The summed E-state index contributed by atoms with van der Waals surface area (Å²) < 4.78 is 6.31. The zero-order valence-corrected chi connectivity index (χ0v) is 23.2. The quantitative estimate of drug-likeness (QED) is 0.0820. The van der Waals surface area contributed by atoms with Crippen molar-refractivity contribution in [2.24, 2.45) is 0 Å². The minimum atomic E-state index is -0.842. The Bertz CT molecular complexity index is 1500. The van der Waals surface area contributed by atoms with Gasteiger partial charge in [0.15, 0.2) is 4.34 Å². The second kappa shape index (κ2) is 11.8. The number of hydrogen-bond acceptors (Lipinski definition) is 8. The van der Waals surface area contributed by atoms with Crippen molar-refractivity contribution in [1.82, 2.24) is 10.2 Å². The van der Waals surface area contributed by atoms with Gasteiger partial charge in [0.25, 0.3) is 5.78 Å². The number of rotatable bonds is 9. The fourth-order valence-electron chi connectivity index (χ4n) is 4.25. The molecule has 1 saturated heterocycles. The number of nitrogens with zero attached hydrogens (tertiary/aromatic N) is 3. The highest BCUT2D eigenvalue weighted by Crippen LogP contribution is 2.44. The number of amides is 1. The average molecular weight is 558 g/mol. The van der Waals surface area contributed by atoms with Crippen molar-refractivity contribution in [2.45, 2.75) is 36.4 Å². The van der Waals surface area contributed by atoms with E-state index < -0.39 is 17.7 Å². The number of aliphatic hydroxyl groups excluding tert-OH is 1. The van der Waals surface area contributed by atoms with E-state index in [-0.39, 0.29) is 11.3 Å². The number of anilines is 1. The molecule has 39 heavy (non-hydrogen) atoms. The van der Waals surface area contributed by atoms with Gasteiger partial charge in [0, 0.05) is 11.3 Å². The predicted molar refractivity (Wildman–Crippen MR) is 154 cm³/mol. The van der Waals surface area contributed by atoms with Gasteiger partial charge in [-0.25, -0.2) is 0 Å². The zero-order chi connectivity index (χ0) is 27.4. The summed E-state index contributed by atoms with van der Waals surface area (Å²) >= 11 is 2.77. The molecule has 1 atom stereocenters. The molecular weight excluding hydrogens is 530 g/mol. The van der Waals surface area contributed by atoms with E-state index in [1.807, 2.05) is 44.2 Å². The lowest BCUT2D eigenvalue weighted by Gasteiger charge is -2.22. The van der Waals surface area contributed by atoms with Crippen molar-refractivity contribution in [1.29, 1.82) is 0 Å². The minimum Gasteiger partial charge on any atom is -0.507 e. The zero-order valence-electron chi connectivity index (χ0n) is 21.5. The van der Waals surface area contributed by atoms with Crippen LogP contribution < -0.4 is 9.64 Å². The summed E-state index contributed by atoms with van der Waals surface area (Å²) in [6.07, 6.45) is 0.875. The summed E-state index contributed by atoms with van der Waals surface area (Å²) in [5, 5.41) is 20.2. The van der Waals surface area contributed by atoms with Gasteiger partial charge in [0.2, 0.25) is 5.13 Å². The normalized spacial score (nSPS) is 16.6. The van der Waals surface area contributed by atoms with E-state index in [0.717, 1.165) is 12.0 Å². The molecule has 1 unspecified atom stereocenters. The summed E-state index contributed by atoms with van der Waals surface area (Å²) in [6, 6.07) is 23.4. The van der Waals surface area contributed by atoms with Crippen molar-refractivity contribution in [3.05, 3.63) is 107 Å². The van der Waals surface area contributed by atoms with Crippen LogP contribution in [0.3, 0.4) is 0 Å². The lowest BCUT2D eigenvalue weighted by Crippen LogP contribution is -2.29. The third-order valence-electron chi connectivity index (χ3n) is 6.25. The Labute approximate surface area is 235 Å². The first-order valence-corrected chi connectivity index (χ1v) is 14.4. The summed E-state index contributed by atoms with van der Waals surface area (Å²) in [5.74, 6) is -0.396. The molecule has 1 aliphatic heterocycles. The van der Waals surface area contributed by atoms with Gasteiger partial charge in [-0.3, -0.25) is 14.5 Å². The maximum atomic E-state index is 13.4. The first kappa shape index (κ1) is 26.6. The van der Waals surface area contributed by atoms with Gasteiger partial charge < -0.3 is 9.84 Å². The Morgan fingerprint density at radius 3 is 2.41 bits per heavy atom. The van der Waals surface area contributed by atoms with Gasteiger partial charge in [-0.05, 0) is 48.7 Å². The molecule has 1 aromatic heterocycles. The third kappa shape index (κ3) is 5.74. The molecule has 1 fully saturated rings. The summed E-state index contributed by atoms with van der Waals surface area (Å²) in [6.45, 7) is 4.65. The molecule has 0 aliphatic carbocycles. The molecule has 2 heterocycles. The van der Waals surface area contributed by atoms with E-state index in [9.17, 15) is 14.7 Å². The smallest absolute Gasteiger partial charge is 0.301 e. The summed E-state index contributed by atoms with van der Waals surface area (Å²) in [5.41, 5.74) is 3.46. The van der Waals surface area contributed by atoms with Crippen LogP contribution in [0.25, 0.3) is 5.76 Å². The van der Waals surface area contributed by atoms with Crippen LogP contribution in [0.4, 0.5) is 5.13 Å². The highest BCUT2D eigenvalue weighted by molar-refractivity contribution is 8.00. The van der Waals surface area contributed by atoms with E-state index in [0.29, 0.717) is 38.7 Å². The van der Waals surface area contributed by atoms with Crippen LogP contribution in [0, 0.1) is 6.92 Å². The van der Waals surface area contributed by atoms with Crippen molar-refractivity contribution < 1.29 is 19.4 Å². The Kier molecular flexibility index (Phi) is 8.09. The number of hydrogen-bond donors (Lipinski definition) is 1. The fourth-order valence-corrected chi connectivity index (χ4v) is 6.08. The fraction of sp³-hybridized carbons (Fsp3) is 0.200. The lowest BCUT2D eigenvalue weighted by molar-refractivity contribution is -0.132. The van der Waals surface area contributed by atoms with Gasteiger partial charge in [-0.15, -0.1) is 10.2 Å². The molecular formula is C30H27N3O4S2. The van der Waals surface area contributed by atoms with Crippen molar-refractivity contribution >= 4 is 45.7 Å². The van der Waals surface area contributed by atoms with Gasteiger partial charge >= 0.3 is 5.91 Å². The number of ether oxygens (including phenoxy) is 1. The number of aryl methyl sites for hydroxylation is 1. The van der Waals surface area contributed by atoms with E-state index in [2.05, 4.69) is 34.5 Å². The molecule has 4 aromatic rings. The number of Topliss-reactive ketones (excluding diaryl/α,β-unsaturated/α-hetero) is 1. The average Bonchev–Trinajstić information content (AvgIpc) is 3.54. The molecule has 3 aromatic carbocycles. The molecule has 0 spiro atoms. The molecule has 0 radical (unpaired) electrons. The predicted octanol–water partition coefficient (Wildman–Crippen LogP) is 6.55. The van der Waals surface area contributed by atoms with Crippen LogP contribution in [-0.4, -0.2) is 33.6 Å². The Morgan fingerprint density at radius 1 is 1.00 bits per heavy atom. The number of thioether (sulfide) groups is 1. The van der Waals surface area contributed by atoms with Gasteiger partial charge in [-0.1, -0.05) is 90.2 Å². The van der Waals surface area contributed by atoms with Crippen LogP contribution in [0.2, 0.25) is 0 Å². The molecule has 1 N–H and O–H groups in total. The Morgan fingerprint density at radius 2 is 1.72 bits per heavy atom. The third-order valence-corrected chi connectivity index (χ3v) is 8.37. The van der Waals surface area contributed by atoms with Gasteiger partial charge in [0.1, 0.15) is 11.5 Å². The number of benzene rings is 3. The second-order valence-corrected chi connectivity index (χ2v) is 11.3. The molecule has 1 aliphatic rings. The minimum absolute atomic E-state index is 0.0116. The molecule has 5 rings (SSSR count).